The Morgan fingerprint density at radius 1 is 1.24 bits per heavy atom. The van der Waals surface area contributed by atoms with Crippen molar-refractivity contribution in [2.45, 2.75) is 17.7 Å². The van der Waals surface area contributed by atoms with Crippen molar-refractivity contribution in [1.82, 2.24) is 10.0 Å². The van der Waals surface area contributed by atoms with Crippen molar-refractivity contribution in [3.8, 4) is 5.75 Å². The molecule has 1 aromatic carbocycles. The lowest BCUT2D eigenvalue weighted by Gasteiger charge is -2.09. The highest BCUT2D eigenvalue weighted by atomic mass is 32.2. The highest BCUT2D eigenvalue weighted by Gasteiger charge is 2.23. The minimum atomic E-state index is -3.53. The van der Waals surface area contributed by atoms with Crippen LogP contribution in [0.4, 0.5) is 0 Å². The van der Waals surface area contributed by atoms with Crippen molar-refractivity contribution in [3.63, 3.8) is 0 Å². The van der Waals surface area contributed by atoms with E-state index in [1.807, 2.05) is 24.3 Å². The fraction of sp³-hybridized carbons (Fsp3) is 0.286. The van der Waals surface area contributed by atoms with Crippen LogP contribution in [0.5, 0.6) is 5.75 Å². The molecule has 0 radical (unpaired) electrons. The largest absolute Gasteiger partial charge is 0.491 e. The van der Waals surface area contributed by atoms with Crippen LogP contribution in [-0.2, 0) is 16.6 Å². The summed E-state index contributed by atoms with van der Waals surface area (Å²) < 4.78 is 36.3. The van der Waals surface area contributed by atoms with Gasteiger partial charge in [0.2, 0.25) is 5.09 Å². The van der Waals surface area contributed by atoms with E-state index in [0.29, 0.717) is 18.9 Å². The van der Waals surface area contributed by atoms with Gasteiger partial charge in [0.15, 0.2) is 0 Å². The summed E-state index contributed by atoms with van der Waals surface area (Å²) in [5.41, 5.74) is 1.10. The molecule has 2 heterocycles. The van der Waals surface area contributed by atoms with Gasteiger partial charge in [-0.2, -0.15) is 0 Å². The molecule has 2 N–H and O–H groups in total. The predicted molar refractivity (Wildman–Crippen MR) is 76.5 cm³/mol. The highest BCUT2D eigenvalue weighted by molar-refractivity contribution is 7.89. The maximum Gasteiger partial charge on any atom is 0.273 e. The SMILES string of the molecule is CNS(=O)(=O)c1ccc(CNC2COc3ccccc32)o1. The molecule has 1 unspecified atom stereocenters. The molecule has 1 aromatic heterocycles. The van der Waals surface area contributed by atoms with E-state index in [2.05, 4.69) is 10.0 Å². The smallest absolute Gasteiger partial charge is 0.273 e. The zero-order chi connectivity index (χ0) is 14.9. The molecule has 21 heavy (non-hydrogen) atoms. The highest BCUT2D eigenvalue weighted by Crippen LogP contribution is 2.31. The van der Waals surface area contributed by atoms with Gasteiger partial charge in [0, 0.05) is 5.56 Å². The Labute approximate surface area is 123 Å². The third kappa shape index (κ3) is 2.80. The molecule has 1 aliphatic heterocycles. The second-order valence-corrected chi connectivity index (χ2v) is 6.53. The summed E-state index contributed by atoms with van der Waals surface area (Å²) in [6, 6.07) is 11.0. The number of rotatable bonds is 5. The van der Waals surface area contributed by atoms with Gasteiger partial charge in [-0.15, -0.1) is 0 Å². The molecule has 0 fully saturated rings. The van der Waals surface area contributed by atoms with E-state index >= 15 is 0 Å². The van der Waals surface area contributed by atoms with Crippen molar-refractivity contribution < 1.29 is 17.6 Å². The molecule has 0 saturated heterocycles. The van der Waals surface area contributed by atoms with Crippen LogP contribution in [-0.4, -0.2) is 22.1 Å². The quantitative estimate of drug-likeness (QED) is 0.873. The molecule has 112 valence electrons. The van der Waals surface area contributed by atoms with E-state index in [4.69, 9.17) is 9.15 Å². The lowest BCUT2D eigenvalue weighted by molar-refractivity contribution is 0.303. The van der Waals surface area contributed by atoms with Crippen LogP contribution in [0.25, 0.3) is 0 Å². The molecular weight excluding hydrogens is 292 g/mol. The fourth-order valence-electron chi connectivity index (χ4n) is 2.25. The summed E-state index contributed by atoms with van der Waals surface area (Å²) in [7, 11) is -2.18. The lowest BCUT2D eigenvalue weighted by Crippen LogP contribution is -2.21. The first kappa shape index (κ1) is 14.1. The summed E-state index contributed by atoms with van der Waals surface area (Å²) in [5.74, 6) is 1.45. The molecule has 0 saturated carbocycles. The summed E-state index contributed by atoms with van der Waals surface area (Å²) in [6.07, 6.45) is 0. The summed E-state index contributed by atoms with van der Waals surface area (Å²) >= 11 is 0. The summed E-state index contributed by atoms with van der Waals surface area (Å²) in [5, 5.41) is 3.22. The average molecular weight is 308 g/mol. The van der Waals surface area contributed by atoms with Gasteiger partial charge in [-0.1, -0.05) is 18.2 Å². The molecule has 7 heteroatoms. The molecule has 0 bridgehead atoms. The van der Waals surface area contributed by atoms with E-state index in [1.165, 1.54) is 13.1 Å². The first-order valence-corrected chi connectivity index (χ1v) is 8.06. The normalized spacial score (nSPS) is 17.5. The van der Waals surface area contributed by atoms with Gasteiger partial charge in [-0.25, -0.2) is 13.1 Å². The van der Waals surface area contributed by atoms with Crippen LogP contribution in [0.3, 0.4) is 0 Å². The second kappa shape index (κ2) is 5.51. The maximum atomic E-state index is 11.6. The number of benzene rings is 1. The van der Waals surface area contributed by atoms with Crippen molar-refractivity contribution in [1.29, 1.82) is 0 Å². The number of sulfonamides is 1. The van der Waals surface area contributed by atoms with Gasteiger partial charge >= 0.3 is 0 Å². The van der Waals surface area contributed by atoms with Crippen LogP contribution >= 0.6 is 0 Å². The van der Waals surface area contributed by atoms with Crippen molar-refractivity contribution in [2.75, 3.05) is 13.7 Å². The van der Waals surface area contributed by atoms with Crippen LogP contribution < -0.4 is 14.8 Å². The Balaban J connectivity index is 1.67. The second-order valence-electron chi connectivity index (χ2n) is 4.71. The number of hydrogen-bond acceptors (Lipinski definition) is 5. The van der Waals surface area contributed by atoms with Crippen LogP contribution in [0.1, 0.15) is 17.4 Å². The first-order chi connectivity index (χ1) is 10.1. The third-order valence-corrected chi connectivity index (χ3v) is 4.68. The number of para-hydroxylation sites is 1. The van der Waals surface area contributed by atoms with E-state index in [0.717, 1.165) is 11.3 Å². The zero-order valence-corrected chi connectivity index (χ0v) is 12.3. The third-order valence-electron chi connectivity index (χ3n) is 3.39. The molecule has 0 amide bonds. The van der Waals surface area contributed by atoms with Gasteiger partial charge < -0.3 is 9.15 Å². The Hall–Kier alpha value is -1.83. The number of nitrogens with one attached hydrogen (secondary N) is 2. The van der Waals surface area contributed by atoms with Gasteiger partial charge in [0.05, 0.1) is 12.6 Å². The zero-order valence-electron chi connectivity index (χ0n) is 11.5. The van der Waals surface area contributed by atoms with E-state index in [1.54, 1.807) is 6.07 Å². The van der Waals surface area contributed by atoms with Crippen molar-refractivity contribution in [2.24, 2.45) is 0 Å². The van der Waals surface area contributed by atoms with E-state index < -0.39 is 10.0 Å². The minimum absolute atomic E-state index is 0.0788. The number of hydrogen-bond donors (Lipinski definition) is 2. The number of ether oxygens (including phenoxy) is 1. The molecule has 3 rings (SSSR count). The number of furan rings is 1. The first-order valence-electron chi connectivity index (χ1n) is 6.57. The van der Waals surface area contributed by atoms with Gasteiger partial charge in [0.25, 0.3) is 10.0 Å². The summed E-state index contributed by atoms with van der Waals surface area (Å²) in [6.45, 7) is 0.989. The van der Waals surface area contributed by atoms with Gasteiger partial charge in [-0.05, 0) is 25.2 Å². The van der Waals surface area contributed by atoms with Gasteiger partial charge in [0.1, 0.15) is 18.1 Å². The molecular formula is C14H16N2O4S. The lowest BCUT2D eigenvalue weighted by atomic mass is 10.1. The van der Waals surface area contributed by atoms with Crippen LogP contribution in [0, 0.1) is 0 Å². The molecule has 0 spiro atoms. The van der Waals surface area contributed by atoms with Gasteiger partial charge in [-0.3, -0.25) is 5.32 Å². The standard InChI is InChI=1S/C14H16N2O4S/c1-15-21(17,18)14-7-6-10(20-14)8-16-12-9-19-13-5-3-2-4-11(12)13/h2-7,12,15-16H,8-9H2,1H3. The Kier molecular flexibility index (Phi) is 3.71. The Bertz CT molecular complexity index is 739. The topological polar surface area (TPSA) is 80.6 Å². The van der Waals surface area contributed by atoms with Crippen LogP contribution in [0.15, 0.2) is 45.9 Å². The van der Waals surface area contributed by atoms with Crippen molar-refractivity contribution >= 4 is 10.0 Å². The summed E-state index contributed by atoms with van der Waals surface area (Å²) in [4.78, 5) is 0. The maximum absolute atomic E-state index is 11.6. The molecule has 1 atom stereocenters. The molecule has 6 nitrogen and oxygen atoms in total. The van der Waals surface area contributed by atoms with E-state index in [-0.39, 0.29) is 11.1 Å². The van der Waals surface area contributed by atoms with E-state index in [9.17, 15) is 8.42 Å². The average Bonchev–Trinajstić information content (AvgIpc) is 3.12. The molecule has 0 aliphatic carbocycles. The number of fused-ring (bicyclic) bond motifs is 1. The Morgan fingerprint density at radius 3 is 2.86 bits per heavy atom. The van der Waals surface area contributed by atoms with Crippen molar-refractivity contribution in [3.05, 3.63) is 47.7 Å². The molecule has 2 aromatic rings. The predicted octanol–water partition coefficient (Wildman–Crippen LogP) is 1.41. The minimum Gasteiger partial charge on any atom is -0.491 e. The Morgan fingerprint density at radius 2 is 2.05 bits per heavy atom. The van der Waals surface area contributed by atoms with Crippen LogP contribution in [0.2, 0.25) is 0 Å². The fourth-order valence-corrected chi connectivity index (χ4v) is 2.92. The monoisotopic (exact) mass is 308 g/mol. The molecule has 1 aliphatic rings.